The molecule has 0 aromatic heterocycles. The van der Waals surface area contributed by atoms with Crippen molar-refractivity contribution in [1.29, 1.82) is 0 Å². The summed E-state index contributed by atoms with van der Waals surface area (Å²) in [6.07, 6.45) is 0.912. The Balaban J connectivity index is 1.68. The first kappa shape index (κ1) is 9.26. The Morgan fingerprint density at radius 1 is 1.57 bits per heavy atom. The van der Waals surface area contributed by atoms with E-state index < -0.39 is 12.2 Å². The second-order valence-electron chi connectivity index (χ2n) is 3.16. The zero-order valence-electron chi connectivity index (χ0n) is 7.60. The number of hydrogen-bond donors (Lipinski definition) is 0. The van der Waals surface area contributed by atoms with Crippen molar-refractivity contribution in [1.82, 2.24) is 4.90 Å². The number of rotatable bonds is 3. The molecular formula is C8H11NO5. The second kappa shape index (κ2) is 3.83. The molecule has 0 atom stereocenters. The molecule has 1 aliphatic carbocycles. The number of carbonyl (C=O) groups is 2. The molecule has 0 unspecified atom stereocenters. The fourth-order valence-corrected chi connectivity index (χ4v) is 1.05. The normalized spacial score (nSPS) is 20.9. The number of hydrogen-bond acceptors (Lipinski definition) is 5. The third kappa shape index (κ3) is 2.14. The summed E-state index contributed by atoms with van der Waals surface area (Å²) in [6.45, 7) is 0.395. The van der Waals surface area contributed by atoms with E-state index in [-0.39, 0.29) is 26.0 Å². The maximum atomic E-state index is 11.2. The minimum absolute atomic E-state index is 0.0900. The van der Waals surface area contributed by atoms with Crippen LogP contribution < -0.4 is 0 Å². The summed E-state index contributed by atoms with van der Waals surface area (Å²) in [5.74, 6) is 0. The highest BCUT2D eigenvalue weighted by molar-refractivity contribution is 5.88. The molecule has 6 nitrogen and oxygen atoms in total. The van der Waals surface area contributed by atoms with Crippen molar-refractivity contribution in [3.05, 3.63) is 0 Å². The Labute approximate surface area is 80.7 Å². The minimum atomic E-state index is -0.701. The molecule has 1 aliphatic heterocycles. The molecule has 6 heteroatoms. The van der Waals surface area contributed by atoms with Gasteiger partial charge in [-0.1, -0.05) is 0 Å². The molecule has 1 saturated heterocycles. The number of nitrogens with zero attached hydrogens (tertiary/aromatic N) is 1. The molecule has 0 bridgehead atoms. The lowest BCUT2D eigenvalue weighted by molar-refractivity contribution is -0.0310. The van der Waals surface area contributed by atoms with Gasteiger partial charge in [-0.2, -0.15) is 0 Å². The molecule has 2 rings (SSSR count). The van der Waals surface area contributed by atoms with Crippen LogP contribution in [-0.4, -0.2) is 43.1 Å². The number of cyclic esters (lactones) is 1. The third-order valence-corrected chi connectivity index (χ3v) is 1.99. The van der Waals surface area contributed by atoms with Crippen LogP contribution in [0.4, 0.5) is 9.59 Å². The first-order valence-corrected chi connectivity index (χ1v) is 4.50. The molecule has 78 valence electrons. The largest absolute Gasteiger partial charge is 0.447 e. The summed E-state index contributed by atoms with van der Waals surface area (Å²) in [7, 11) is 0. The Hall–Kier alpha value is -1.30. The molecule has 1 saturated carbocycles. The van der Waals surface area contributed by atoms with Crippen LogP contribution in [0.3, 0.4) is 0 Å². The molecular weight excluding hydrogens is 190 g/mol. The highest BCUT2D eigenvalue weighted by atomic mass is 16.7. The van der Waals surface area contributed by atoms with Crippen LogP contribution in [0, 0.1) is 0 Å². The average Bonchev–Trinajstić information content (AvgIpc) is 2.87. The molecule has 2 amide bonds. The monoisotopic (exact) mass is 201 g/mol. The number of amides is 2. The quantitative estimate of drug-likeness (QED) is 0.629. The number of imide groups is 1. The van der Waals surface area contributed by atoms with Crippen LogP contribution >= 0.6 is 0 Å². The Morgan fingerprint density at radius 3 is 2.93 bits per heavy atom. The van der Waals surface area contributed by atoms with E-state index in [1.807, 2.05) is 0 Å². The molecule has 0 aromatic carbocycles. The van der Waals surface area contributed by atoms with E-state index >= 15 is 0 Å². The Morgan fingerprint density at radius 2 is 2.36 bits per heavy atom. The van der Waals surface area contributed by atoms with Gasteiger partial charge in [-0.15, -0.1) is 0 Å². The van der Waals surface area contributed by atoms with Crippen LogP contribution in [0.25, 0.3) is 0 Å². The maximum Gasteiger partial charge on any atom is 0.421 e. The van der Waals surface area contributed by atoms with E-state index in [0.29, 0.717) is 0 Å². The maximum absolute atomic E-state index is 11.2. The summed E-state index contributed by atoms with van der Waals surface area (Å²) in [4.78, 5) is 23.0. The van der Waals surface area contributed by atoms with Crippen LogP contribution in [0.15, 0.2) is 0 Å². The highest BCUT2D eigenvalue weighted by Crippen LogP contribution is 2.23. The SMILES string of the molecule is O=C1OCCN1C(=O)OCOC1CC1. The fourth-order valence-electron chi connectivity index (χ4n) is 1.05. The number of carbonyl (C=O) groups excluding carboxylic acids is 2. The van der Waals surface area contributed by atoms with Crippen molar-refractivity contribution in [2.75, 3.05) is 19.9 Å². The van der Waals surface area contributed by atoms with E-state index in [9.17, 15) is 9.59 Å². The van der Waals surface area contributed by atoms with E-state index in [4.69, 9.17) is 9.47 Å². The van der Waals surface area contributed by atoms with E-state index in [0.717, 1.165) is 17.7 Å². The van der Waals surface area contributed by atoms with Gasteiger partial charge in [-0.3, -0.25) is 0 Å². The predicted molar refractivity (Wildman–Crippen MR) is 43.5 cm³/mol. The first-order chi connectivity index (χ1) is 6.77. The van der Waals surface area contributed by atoms with Gasteiger partial charge in [0.05, 0.1) is 12.6 Å². The van der Waals surface area contributed by atoms with Gasteiger partial charge in [0.15, 0.2) is 6.79 Å². The zero-order chi connectivity index (χ0) is 9.97. The van der Waals surface area contributed by atoms with Crippen molar-refractivity contribution in [2.45, 2.75) is 18.9 Å². The Bertz CT molecular complexity index is 250. The van der Waals surface area contributed by atoms with Crippen molar-refractivity contribution < 1.29 is 23.8 Å². The van der Waals surface area contributed by atoms with Crippen molar-refractivity contribution >= 4 is 12.2 Å². The van der Waals surface area contributed by atoms with Gasteiger partial charge >= 0.3 is 12.2 Å². The van der Waals surface area contributed by atoms with E-state index in [1.165, 1.54) is 0 Å². The van der Waals surface area contributed by atoms with E-state index in [2.05, 4.69) is 4.74 Å². The molecule has 0 spiro atoms. The summed E-state index contributed by atoms with van der Waals surface area (Å²) in [5, 5.41) is 0. The molecule has 2 aliphatic rings. The molecule has 0 radical (unpaired) electrons. The smallest absolute Gasteiger partial charge is 0.421 e. The van der Waals surface area contributed by atoms with Crippen LogP contribution in [0.2, 0.25) is 0 Å². The van der Waals surface area contributed by atoms with Gasteiger partial charge < -0.3 is 14.2 Å². The summed E-state index contributed by atoms with van der Waals surface area (Å²) >= 11 is 0. The molecule has 0 aromatic rings. The van der Waals surface area contributed by atoms with Gasteiger partial charge in [-0.05, 0) is 12.8 Å². The topological polar surface area (TPSA) is 65.1 Å². The summed E-state index contributed by atoms with van der Waals surface area (Å²) < 4.78 is 14.4. The molecule has 14 heavy (non-hydrogen) atoms. The Kier molecular flexibility index (Phi) is 2.53. The lowest BCUT2D eigenvalue weighted by atomic mass is 10.6. The second-order valence-corrected chi connectivity index (χ2v) is 3.16. The van der Waals surface area contributed by atoms with Crippen LogP contribution in [-0.2, 0) is 14.2 Å². The summed E-state index contributed by atoms with van der Waals surface area (Å²) in [6, 6.07) is 0. The van der Waals surface area contributed by atoms with Gasteiger partial charge in [0.1, 0.15) is 6.61 Å². The van der Waals surface area contributed by atoms with Crippen LogP contribution in [0.5, 0.6) is 0 Å². The highest BCUT2D eigenvalue weighted by Gasteiger charge is 2.30. The lowest BCUT2D eigenvalue weighted by Gasteiger charge is -2.10. The van der Waals surface area contributed by atoms with Gasteiger partial charge in [0, 0.05) is 0 Å². The zero-order valence-corrected chi connectivity index (χ0v) is 7.60. The summed E-state index contributed by atoms with van der Waals surface area (Å²) in [5.41, 5.74) is 0. The van der Waals surface area contributed by atoms with Crippen molar-refractivity contribution in [2.24, 2.45) is 0 Å². The lowest BCUT2D eigenvalue weighted by Crippen LogP contribution is -2.32. The van der Waals surface area contributed by atoms with Crippen molar-refractivity contribution in [3.8, 4) is 0 Å². The van der Waals surface area contributed by atoms with Gasteiger partial charge in [-0.25, -0.2) is 14.5 Å². The van der Waals surface area contributed by atoms with E-state index in [1.54, 1.807) is 0 Å². The number of ether oxygens (including phenoxy) is 3. The molecule has 2 fully saturated rings. The van der Waals surface area contributed by atoms with Gasteiger partial charge in [0.25, 0.3) is 0 Å². The fraction of sp³-hybridized carbons (Fsp3) is 0.750. The van der Waals surface area contributed by atoms with Gasteiger partial charge in [0.2, 0.25) is 0 Å². The van der Waals surface area contributed by atoms with Crippen LogP contribution in [0.1, 0.15) is 12.8 Å². The molecule has 0 N–H and O–H groups in total. The molecule has 1 heterocycles. The predicted octanol–water partition coefficient (Wildman–Crippen LogP) is 0.712. The standard InChI is InChI=1S/C8H11NO5/c10-7-9(3-4-12-7)8(11)14-5-13-6-1-2-6/h6H,1-5H2. The van der Waals surface area contributed by atoms with Crippen molar-refractivity contribution in [3.63, 3.8) is 0 Å². The first-order valence-electron chi connectivity index (χ1n) is 4.50. The minimum Gasteiger partial charge on any atom is -0.447 e. The third-order valence-electron chi connectivity index (χ3n) is 1.99. The average molecular weight is 201 g/mol.